The maximum Gasteiger partial charge on any atom is 0.403 e. The Morgan fingerprint density at radius 1 is 0.980 bits per heavy atom. The number of alkyl halides is 3. The molecule has 3 aromatic rings. The molecule has 1 saturated carbocycles. The van der Waals surface area contributed by atoms with Gasteiger partial charge in [0.1, 0.15) is 16.8 Å². The van der Waals surface area contributed by atoms with Crippen LogP contribution < -0.4 is 0 Å². The molecule has 3 fully saturated rings. The van der Waals surface area contributed by atoms with Crippen molar-refractivity contribution in [2.75, 3.05) is 32.8 Å². The van der Waals surface area contributed by atoms with E-state index in [0.29, 0.717) is 26.7 Å². The predicted octanol–water partition coefficient (Wildman–Crippen LogP) is 6.25. The Labute approximate surface area is 289 Å². The molecule has 262 valence electrons. The van der Waals surface area contributed by atoms with E-state index in [2.05, 4.69) is 21.0 Å². The molecule has 6 rings (SSSR count). The fourth-order valence-corrected chi connectivity index (χ4v) is 7.17. The van der Waals surface area contributed by atoms with Crippen LogP contribution in [0.1, 0.15) is 65.5 Å². The number of nitrogens with zero attached hydrogens (tertiary/aromatic N) is 4. The lowest BCUT2D eigenvalue weighted by atomic mass is 9.71. The molecule has 3 heterocycles. The number of ether oxygens (including phenoxy) is 2. The van der Waals surface area contributed by atoms with Crippen LogP contribution in [-0.2, 0) is 27.4 Å². The summed E-state index contributed by atoms with van der Waals surface area (Å²) in [6.45, 7) is 6.20. The van der Waals surface area contributed by atoms with Crippen molar-refractivity contribution < 1.29 is 41.4 Å². The molecule has 1 aliphatic carbocycles. The number of esters is 1. The molecule has 2 saturated heterocycles. The normalized spacial score (nSPS) is 19.6. The summed E-state index contributed by atoms with van der Waals surface area (Å²) >= 11 is 3.16. The number of aromatic nitrogens is 2. The van der Waals surface area contributed by atoms with Crippen LogP contribution >= 0.6 is 15.9 Å². The highest BCUT2D eigenvalue weighted by Crippen LogP contribution is 2.60. The van der Waals surface area contributed by atoms with Crippen molar-refractivity contribution in [3.63, 3.8) is 0 Å². The van der Waals surface area contributed by atoms with E-state index < -0.39 is 40.3 Å². The molecule has 1 atom stereocenters. The third-order valence-corrected chi connectivity index (χ3v) is 10.2. The van der Waals surface area contributed by atoms with Gasteiger partial charge in [-0.1, -0.05) is 30.3 Å². The standard InChI is InChI=1S/C35H37BrF4N4O5/c1-32(2,3)49-30(46)26-9-5-4-7-22(26)14-44-15-24(13-41-44)29(45)42-16-25(18-48-17-23-8-6-10-27(36)28(23)37)33(19-42)20-43(21-33)31(47)34(11-12-34)35(38,39)40/h4-10,13,15,25H,11-12,14,16-21H2,1-3H3. The molecule has 0 bridgehead atoms. The topological polar surface area (TPSA) is 94.0 Å². The molecule has 1 spiro atoms. The van der Waals surface area contributed by atoms with Gasteiger partial charge in [-0.25, -0.2) is 9.18 Å². The molecule has 2 aromatic carbocycles. The van der Waals surface area contributed by atoms with Crippen molar-refractivity contribution in [1.82, 2.24) is 19.6 Å². The summed E-state index contributed by atoms with van der Waals surface area (Å²) in [5.41, 5.74) is -2.00. The maximum atomic E-state index is 14.6. The zero-order chi connectivity index (χ0) is 35.4. The predicted molar refractivity (Wildman–Crippen MR) is 173 cm³/mol. The number of rotatable bonds is 9. The number of hydrogen-bond acceptors (Lipinski definition) is 6. The number of halogens is 5. The van der Waals surface area contributed by atoms with E-state index in [0.717, 1.165) is 0 Å². The third-order valence-electron chi connectivity index (χ3n) is 9.56. The third kappa shape index (κ3) is 6.99. The van der Waals surface area contributed by atoms with Crippen LogP contribution in [0, 0.1) is 22.6 Å². The summed E-state index contributed by atoms with van der Waals surface area (Å²) in [5.74, 6) is -2.48. The number of carbonyl (C=O) groups is 3. The van der Waals surface area contributed by atoms with Crippen LogP contribution in [-0.4, -0.2) is 81.9 Å². The molecule has 9 nitrogen and oxygen atoms in total. The van der Waals surface area contributed by atoms with Gasteiger partial charge >= 0.3 is 12.1 Å². The van der Waals surface area contributed by atoms with Gasteiger partial charge in [0.2, 0.25) is 5.91 Å². The molecule has 3 aliphatic rings. The molecule has 0 radical (unpaired) electrons. The van der Waals surface area contributed by atoms with Gasteiger partial charge in [-0.15, -0.1) is 0 Å². The molecule has 2 amide bonds. The summed E-state index contributed by atoms with van der Waals surface area (Å²) in [7, 11) is 0. The van der Waals surface area contributed by atoms with Crippen LogP contribution in [0.4, 0.5) is 17.6 Å². The highest BCUT2D eigenvalue weighted by atomic mass is 79.9. The van der Waals surface area contributed by atoms with Crippen LogP contribution in [0.2, 0.25) is 0 Å². The summed E-state index contributed by atoms with van der Waals surface area (Å²) in [4.78, 5) is 42.5. The Kier molecular flexibility index (Phi) is 9.18. The lowest BCUT2D eigenvalue weighted by Crippen LogP contribution is -2.65. The number of likely N-dealkylation sites (tertiary alicyclic amines) is 2. The van der Waals surface area contributed by atoms with Crippen LogP contribution in [0.25, 0.3) is 0 Å². The van der Waals surface area contributed by atoms with Gasteiger partial charge in [0.05, 0.1) is 41.6 Å². The fourth-order valence-electron chi connectivity index (χ4n) is 6.76. The van der Waals surface area contributed by atoms with Crippen molar-refractivity contribution in [3.8, 4) is 0 Å². The van der Waals surface area contributed by atoms with Crippen molar-refractivity contribution in [1.29, 1.82) is 0 Å². The molecule has 1 aromatic heterocycles. The number of hydrogen-bond donors (Lipinski definition) is 0. The molecular weight excluding hydrogens is 712 g/mol. The minimum Gasteiger partial charge on any atom is -0.456 e. The fraction of sp³-hybridized carbons (Fsp3) is 0.486. The van der Waals surface area contributed by atoms with E-state index >= 15 is 0 Å². The average molecular weight is 750 g/mol. The Morgan fingerprint density at radius 2 is 1.65 bits per heavy atom. The first kappa shape index (κ1) is 35.1. The summed E-state index contributed by atoms with van der Waals surface area (Å²) in [6, 6.07) is 11.8. The second-order valence-electron chi connectivity index (χ2n) is 14.3. The van der Waals surface area contributed by atoms with Crippen LogP contribution in [0.15, 0.2) is 59.3 Å². The van der Waals surface area contributed by atoms with Gasteiger partial charge in [0.15, 0.2) is 0 Å². The maximum absolute atomic E-state index is 14.6. The SMILES string of the molecule is CC(C)(C)OC(=O)c1ccccc1Cn1cc(C(=O)N2CC(COCc3cccc(Br)c3F)C3(C2)CN(C(=O)C2(C(F)(F)F)CC2)C3)cn1. The quantitative estimate of drug-likeness (QED) is 0.190. The first-order valence-electron chi connectivity index (χ1n) is 16.0. The van der Waals surface area contributed by atoms with Crippen molar-refractivity contribution >= 4 is 33.7 Å². The monoisotopic (exact) mass is 748 g/mol. The first-order valence-corrected chi connectivity index (χ1v) is 16.8. The summed E-state index contributed by atoms with van der Waals surface area (Å²) in [6.07, 6.45) is -2.05. The summed E-state index contributed by atoms with van der Waals surface area (Å²) < 4.78 is 69.1. The molecule has 1 unspecified atom stereocenters. The van der Waals surface area contributed by atoms with E-state index in [-0.39, 0.29) is 70.6 Å². The van der Waals surface area contributed by atoms with Gasteiger partial charge in [-0.3, -0.25) is 14.3 Å². The highest BCUT2D eigenvalue weighted by Gasteiger charge is 2.71. The molecule has 0 N–H and O–H groups in total. The Hall–Kier alpha value is -3.78. The first-order chi connectivity index (χ1) is 23.0. The van der Waals surface area contributed by atoms with Gasteiger partial charge in [-0.2, -0.15) is 18.3 Å². The number of amides is 2. The lowest BCUT2D eigenvalue weighted by Gasteiger charge is -2.51. The minimum atomic E-state index is -4.62. The highest BCUT2D eigenvalue weighted by molar-refractivity contribution is 9.10. The van der Waals surface area contributed by atoms with Crippen molar-refractivity contribution in [3.05, 3.63) is 87.4 Å². The van der Waals surface area contributed by atoms with E-state index in [1.54, 1.807) is 79.0 Å². The second kappa shape index (κ2) is 12.8. The Balaban J connectivity index is 1.16. The van der Waals surface area contributed by atoms with E-state index in [9.17, 15) is 31.9 Å². The number of benzene rings is 2. The zero-order valence-electron chi connectivity index (χ0n) is 27.4. The van der Waals surface area contributed by atoms with E-state index in [1.165, 1.54) is 11.1 Å². The minimum absolute atomic E-state index is 0.0385. The lowest BCUT2D eigenvalue weighted by molar-refractivity contribution is -0.205. The van der Waals surface area contributed by atoms with E-state index in [1.807, 2.05) is 0 Å². The summed E-state index contributed by atoms with van der Waals surface area (Å²) in [5, 5.41) is 4.35. The Bertz CT molecular complexity index is 1760. The van der Waals surface area contributed by atoms with Gasteiger partial charge in [0, 0.05) is 49.3 Å². The smallest absolute Gasteiger partial charge is 0.403 e. The molecule has 49 heavy (non-hydrogen) atoms. The van der Waals surface area contributed by atoms with Crippen LogP contribution in [0.3, 0.4) is 0 Å². The number of carbonyl (C=O) groups excluding carboxylic acids is 3. The zero-order valence-corrected chi connectivity index (χ0v) is 28.9. The Morgan fingerprint density at radius 3 is 2.33 bits per heavy atom. The van der Waals surface area contributed by atoms with E-state index in [4.69, 9.17) is 9.47 Å². The van der Waals surface area contributed by atoms with Gasteiger partial charge in [-0.05, 0) is 67.2 Å². The average Bonchev–Trinajstić information content (AvgIpc) is 3.57. The second-order valence-corrected chi connectivity index (χ2v) is 15.2. The van der Waals surface area contributed by atoms with Gasteiger partial charge in [0.25, 0.3) is 5.91 Å². The largest absolute Gasteiger partial charge is 0.456 e. The molecule has 2 aliphatic heterocycles. The van der Waals surface area contributed by atoms with Crippen molar-refractivity contribution in [2.45, 2.75) is 58.5 Å². The molecular formula is C35H37BrF4N4O5. The van der Waals surface area contributed by atoms with Crippen molar-refractivity contribution in [2.24, 2.45) is 16.7 Å². The van der Waals surface area contributed by atoms with Gasteiger partial charge < -0.3 is 19.3 Å². The van der Waals surface area contributed by atoms with Crippen LogP contribution in [0.5, 0.6) is 0 Å². The molecule has 14 heteroatoms.